The number of hydrogen-bond donors (Lipinski definition) is 1. The molecular formula is C28H28F2N4O3. The molecule has 9 heteroatoms. The monoisotopic (exact) mass is 506 g/mol. The van der Waals surface area contributed by atoms with Gasteiger partial charge in [-0.05, 0) is 68.8 Å². The summed E-state index contributed by atoms with van der Waals surface area (Å²) < 4.78 is 35.5. The number of rotatable bonds is 7. The van der Waals surface area contributed by atoms with Gasteiger partial charge < -0.3 is 9.84 Å². The van der Waals surface area contributed by atoms with E-state index < -0.39 is 17.2 Å². The van der Waals surface area contributed by atoms with Gasteiger partial charge in [0, 0.05) is 48.1 Å². The number of aryl methyl sites for hydroxylation is 2. The molecule has 192 valence electrons. The predicted octanol–water partition coefficient (Wildman–Crippen LogP) is 4.31. The van der Waals surface area contributed by atoms with Crippen molar-refractivity contribution < 1.29 is 23.4 Å². The van der Waals surface area contributed by atoms with E-state index in [4.69, 9.17) is 4.74 Å². The van der Waals surface area contributed by atoms with Crippen molar-refractivity contribution in [2.45, 2.75) is 25.4 Å². The van der Waals surface area contributed by atoms with E-state index >= 15 is 0 Å². The van der Waals surface area contributed by atoms with E-state index in [1.807, 2.05) is 43.1 Å². The lowest BCUT2D eigenvalue weighted by molar-refractivity contribution is -0.0473. The first-order valence-electron chi connectivity index (χ1n) is 12.2. The number of benzene rings is 2. The number of hydrogen-bond acceptors (Lipinski definition) is 6. The molecule has 7 nitrogen and oxygen atoms in total. The van der Waals surface area contributed by atoms with E-state index in [2.05, 4.69) is 10.1 Å². The number of ketones is 1. The summed E-state index contributed by atoms with van der Waals surface area (Å²) in [6.45, 7) is 2.47. The molecule has 37 heavy (non-hydrogen) atoms. The van der Waals surface area contributed by atoms with Crippen LogP contribution in [0.25, 0.3) is 22.2 Å². The SMILES string of the molecule is Cc1cc(-c2nn(C)c3ccc(C(=O)CN4CCCC(CO)(Oc5cc(F)ccc5F)C4)cc23)ccn1. The molecule has 0 amide bonds. The number of carbonyl (C=O) groups is 1. The molecule has 5 rings (SSSR count). The molecule has 1 aliphatic heterocycles. The van der Waals surface area contributed by atoms with Gasteiger partial charge in [-0.15, -0.1) is 0 Å². The van der Waals surface area contributed by atoms with Gasteiger partial charge in [0.2, 0.25) is 0 Å². The van der Waals surface area contributed by atoms with Crippen LogP contribution in [0.15, 0.2) is 54.7 Å². The van der Waals surface area contributed by atoms with Crippen LogP contribution in [0.3, 0.4) is 0 Å². The second kappa shape index (κ2) is 9.99. The van der Waals surface area contributed by atoms with Crippen molar-refractivity contribution in [1.82, 2.24) is 19.7 Å². The average molecular weight is 507 g/mol. The maximum absolute atomic E-state index is 14.2. The zero-order valence-electron chi connectivity index (χ0n) is 20.7. The summed E-state index contributed by atoms with van der Waals surface area (Å²) in [5, 5.41) is 15.7. The topological polar surface area (TPSA) is 80.5 Å². The van der Waals surface area contributed by atoms with Crippen LogP contribution < -0.4 is 4.74 Å². The Kier molecular flexibility index (Phi) is 6.74. The number of aromatic nitrogens is 3. The average Bonchev–Trinajstić information content (AvgIpc) is 3.22. The molecule has 4 aromatic rings. The van der Waals surface area contributed by atoms with Gasteiger partial charge in [0.1, 0.15) is 17.1 Å². The van der Waals surface area contributed by atoms with Crippen LogP contribution >= 0.6 is 0 Å². The van der Waals surface area contributed by atoms with Crippen molar-refractivity contribution in [1.29, 1.82) is 0 Å². The Labute approximate surface area is 213 Å². The predicted molar refractivity (Wildman–Crippen MR) is 135 cm³/mol. The normalized spacial score (nSPS) is 18.3. The molecule has 0 spiro atoms. The maximum atomic E-state index is 14.2. The van der Waals surface area contributed by atoms with Gasteiger partial charge in [-0.2, -0.15) is 5.10 Å². The molecule has 1 unspecified atom stereocenters. The van der Waals surface area contributed by atoms with Crippen LogP contribution in [0.2, 0.25) is 0 Å². The molecule has 3 heterocycles. The highest BCUT2D eigenvalue weighted by Crippen LogP contribution is 2.31. The van der Waals surface area contributed by atoms with Gasteiger partial charge in [0.05, 0.1) is 18.7 Å². The number of fused-ring (bicyclic) bond motifs is 1. The van der Waals surface area contributed by atoms with Gasteiger partial charge in [-0.1, -0.05) is 0 Å². The number of pyridine rings is 1. The second-order valence-electron chi connectivity index (χ2n) is 9.65. The Bertz CT molecular complexity index is 1470. The first-order valence-corrected chi connectivity index (χ1v) is 12.2. The molecule has 0 radical (unpaired) electrons. The molecule has 1 N–H and O–H groups in total. The third-order valence-electron chi connectivity index (χ3n) is 6.84. The van der Waals surface area contributed by atoms with E-state index in [9.17, 15) is 18.7 Å². The second-order valence-corrected chi connectivity index (χ2v) is 9.65. The van der Waals surface area contributed by atoms with Crippen molar-refractivity contribution in [3.05, 3.63) is 77.6 Å². The van der Waals surface area contributed by atoms with Crippen LogP contribution in [0.5, 0.6) is 5.75 Å². The van der Waals surface area contributed by atoms with Crippen molar-refractivity contribution in [3.8, 4) is 17.0 Å². The Morgan fingerprint density at radius 2 is 2.00 bits per heavy atom. The summed E-state index contributed by atoms with van der Waals surface area (Å²) in [7, 11) is 1.87. The van der Waals surface area contributed by atoms with E-state index in [1.54, 1.807) is 16.9 Å². The van der Waals surface area contributed by atoms with Crippen LogP contribution in [-0.4, -0.2) is 62.4 Å². The number of nitrogens with zero attached hydrogens (tertiary/aromatic N) is 4. The van der Waals surface area contributed by atoms with Crippen LogP contribution in [-0.2, 0) is 7.05 Å². The summed E-state index contributed by atoms with van der Waals surface area (Å²) in [6, 6.07) is 12.4. The minimum Gasteiger partial charge on any atom is -0.480 e. The molecule has 1 atom stereocenters. The largest absolute Gasteiger partial charge is 0.480 e. The molecule has 0 saturated carbocycles. The summed E-state index contributed by atoms with van der Waals surface area (Å²) >= 11 is 0. The molecule has 1 aliphatic rings. The van der Waals surface area contributed by atoms with E-state index in [-0.39, 0.29) is 31.2 Å². The number of aliphatic hydroxyl groups excluding tert-OH is 1. The van der Waals surface area contributed by atoms with Gasteiger partial charge in [0.15, 0.2) is 17.3 Å². The fourth-order valence-corrected chi connectivity index (χ4v) is 5.00. The number of halogens is 2. The first-order chi connectivity index (χ1) is 17.8. The summed E-state index contributed by atoms with van der Waals surface area (Å²) in [5.74, 6) is -1.66. The van der Waals surface area contributed by atoms with Gasteiger partial charge in [-0.3, -0.25) is 19.4 Å². The molecule has 0 aliphatic carbocycles. The van der Waals surface area contributed by atoms with Crippen molar-refractivity contribution in [2.75, 3.05) is 26.2 Å². The quantitative estimate of drug-likeness (QED) is 0.377. The fourth-order valence-electron chi connectivity index (χ4n) is 5.00. The minimum absolute atomic E-state index is 0.0895. The standard InChI is InChI=1S/C28H28F2N4O3/c1-18-12-20(8-10-31-18)27-22-13-19(4-7-24(22)33(2)32-27)25(36)15-34-11-3-9-28(16-34,17-35)37-26-14-21(29)5-6-23(26)30/h4-8,10,12-14,35H,3,9,11,15-17H2,1-2H3. The molecule has 2 aromatic heterocycles. The number of likely N-dealkylation sites (tertiary alicyclic amines) is 1. The third-order valence-corrected chi connectivity index (χ3v) is 6.84. The van der Waals surface area contributed by atoms with E-state index in [1.165, 1.54) is 0 Å². The van der Waals surface area contributed by atoms with E-state index in [0.717, 1.165) is 46.1 Å². The van der Waals surface area contributed by atoms with Crippen LogP contribution in [0, 0.1) is 18.6 Å². The molecule has 0 bridgehead atoms. The highest BCUT2D eigenvalue weighted by atomic mass is 19.1. The van der Waals surface area contributed by atoms with Crippen molar-refractivity contribution >= 4 is 16.7 Å². The highest BCUT2D eigenvalue weighted by Gasteiger charge is 2.38. The lowest BCUT2D eigenvalue weighted by Crippen LogP contribution is -2.55. The number of Topliss-reactive ketones (excluding diaryl/α,β-unsaturated/α-hetero) is 1. The number of carbonyl (C=O) groups excluding carboxylic acids is 1. The van der Waals surface area contributed by atoms with Crippen molar-refractivity contribution in [2.24, 2.45) is 7.05 Å². The lowest BCUT2D eigenvalue weighted by atomic mass is 9.92. The molecule has 1 saturated heterocycles. The first kappa shape index (κ1) is 25.0. The molecular weight excluding hydrogens is 478 g/mol. The maximum Gasteiger partial charge on any atom is 0.176 e. The summed E-state index contributed by atoms with van der Waals surface area (Å²) in [4.78, 5) is 19.5. The van der Waals surface area contributed by atoms with E-state index in [0.29, 0.717) is 24.9 Å². The van der Waals surface area contributed by atoms with Crippen LogP contribution in [0.1, 0.15) is 28.9 Å². The van der Waals surface area contributed by atoms with Gasteiger partial charge >= 0.3 is 0 Å². The molecule has 1 fully saturated rings. The minimum atomic E-state index is -1.13. The Hall–Kier alpha value is -3.69. The smallest absolute Gasteiger partial charge is 0.176 e. The highest BCUT2D eigenvalue weighted by molar-refractivity contribution is 6.03. The Balaban J connectivity index is 1.37. The zero-order chi connectivity index (χ0) is 26.2. The van der Waals surface area contributed by atoms with Gasteiger partial charge in [-0.25, -0.2) is 8.78 Å². The summed E-state index contributed by atoms with van der Waals surface area (Å²) in [6.07, 6.45) is 2.83. The molecule has 2 aromatic carbocycles. The fraction of sp³-hybridized carbons (Fsp3) is 0.321. The van der Waals surface area contributed by atoms with Gasteiger partial charge in [0.25, 0.3) is 0 Å². The van der Waals surface area contributed by atoms with Crippen LogP contribution in [0.4, 0.5) is 8.78 Å². The number of ether oxygens (including phenoxy) is 1. The number of aliphatic hydroxyl groups is 1. The van der Waals surface area contributed by atoms with Crippen molar-refractivity contribution in [3.63, 3.8) is 0 Å². The third kappa shape index (κ3) is 5.10. The number of piperidine rings is 1. The zero-order valence-corrected chi connectivity index (χ0v) is 20.7. The Morgan fingerprint density at radius 1 is 1.16 bits per heavy atom. The Morgan fingerprint density at radius 3 is 2.78 bits per heavy atom. The lowest BCUT2D eigenvalue weighted by Gasteiger charge is -2.41. The summed E-state index contributed by atoms with van der Waals surface area (Å²) in [5.41, 5.74) is 2.90.